The van der Waals surface area contributed by atoms with Crippen molar-refractivity contribution in [2.45, 2.75) is 50.7 Å². The predicted octanol–water partition coefficient (Wildman–Crippen LogP) is 3.51. The lowest BCUT2D eigenvalue weighted by Gasteiger charge is -2.32. The average Bonchev–Trinajstić information content (AvgIpc) is 3.19. The quantitative estimate of drug-likeness (QED) is 0.571. The van der Waals surface area contributed by atoms with Gasteiger partial charge in [0.05, 0.1) is 0 Å². The fourth-order valence-corrected chi connectivity index (χ4v) is 5.89. The Hall–Kier alpha value is -3.65. The number of halogens is 1. The van der Waals surface area contributed by atoms with Gasteiger partial charge in [0.1, 0.15) is 11.9 Å². The van der Waals surface area contributed by atoms with Gasteiger partial charge in [-0.1, -0.05) is 24.3 Å². The van der Waals surface area contributed by atoms with Crippen LogP contribution in [0.3, 0.4) is 0 Å². The zero-order valence-corrected chi connectivity index (χ0v) is 19.9. The molecular formula is C28H27FN4O3. The van der Waals surface area contributed by atoms with Crippen LogP contribution >= 0.6 is 0 Å². The minimum absolute atomic E-state index is 0.0861. The van der Waals surface area contributed by atoms with Crippen LogP contribution in [0.25, 0.3) is 10.8 Å². The SMILES string of the molecule is O=C1CCC(N2Cc3cc(C4CCN(Cc5cccc6cnccc56)CC4)c(F)cc3C2=O)C(=O)N1. The van der Waals surface area contributed by atoms with Crippen LogP contribution in [0.15, 0.2) is 48.8 Å². The number of likely N-dealkylation sites (tertiary alicyclic amines) is 1. The number of fused-ring (bicyclic) bond motifs is 2. The second kappa shape index (κ2) is 9.09. The van der Waals surface area contributed by atoms with Gasteiger partial charge < -0.3 is 4.90 Å². The molecule has 3 aliphatic rings. The summed E-state index contributed by atoms with van der Waals surface area (Å²) in [7, 11) is 0. The minimum atomic E-state index is -0.692. The molecule has 7 nitrogen and oxygen atoms in total. The molecule has 36 heavy (non-hydrogen) atoms. The van der Waals surface area contributed by atoms with E-state index in [2.05, 4.69) is 39.5 Å². The van der Waals surface area contributed by atoms with Gasteiger partial charge in [-0.05, 0) is 72.5 Å². The van der Waals surface area contributed by atoms with Crippen LogP contribution in [-0.4, -0.2) is 51.6 Å². The molecule has 4 heterocycles. The van der Waals surface area contributed by atoms with Crippen molar-refractivity contribution in [2.24, 2.45) is 0 Å². The molecule has 3 aromatic rings. The Morgan fingerprint density at radius 1 is 1.06 bits per heavy atom. The maximum Gasteiger partial charge on any atom is 0.255 e. The molecule has 1 aromatic heterocycles. The Labute approximate surface area is 208 Å². The third kappa shape index (κ3) is 4.05. The molecular weight excluding hydrogens is 459 g/mol. The zero-order valence-electron chi connectivity index (χ0n) is 19.9. The van der Waals surface area contributed by atoms with Crippen LogP contribution in [0.5, 0.6) is 0 Å². The molecule has 1 unspecified atom stereocenters. The van der Waals surface area contributed by atoms with Crippen molar-refractivity contribution >= 4 is 28.5 Å². The van der Waals surface area contributed by atoms with E-state index in [1.165, 1.54) is 21.9 Å². The van der Waals surface area contributed by atoms with Gasteiger partial charge in [0.15, 0.2) is 0 Å². The van der Waals surface area contributed by atoms with Gasteiger partial charge in [-0.3, -0.25) is 29.6 Å². The molecule has 2 aromatic carbocycles. The van der Waals surface area contributed by atoms with E-state index in [4.69, 9.17) is 0 Å². The molecule has 1 N–H and O–H groups in total. The van der Waals surface area contributed by atoms with Crippen molar-refractivity contribution in [2.75, 3.05) is 13.1 Å². The van der Waals surface area contributed by atoms with Gasteiger partial charge in [-0.2, -0.15) is 0 Å². The summed E-state index contributed by atoms with van der Waals surface area (Å²) in [6, 6.07) is 10.8. The number of nitrogens with zero attached hydrogens (tertiary/aromatic N) is 3. The first-order valence-electron chi connectivity index (χ1n) is 12.5. The Kier molecular flexibility index (Phi) is 5.76. The van der Waals surface area contributed by atoms with Crippen molar-refractivity contribution in [3.05, 3.63) is 76.9 Å². The van der Waals surface area contributed by atoms with Crippen molar-refractivity contribution < 1.29 is 18.8 Å². The highest BCUT2D eigenvalue weighted by Gasteiger charge is 2.40. The van der Waals surface area contributed by atoms with Gasteiger partial charge in [-0.15, -0.1) is 0 Å². The van der Waals surface area contributed by atoms with E-state index in [0.29, 0.717) is 17.5 Å². The van der Waals surface area contributed by atoms with E-state index in [9.17, 15) is 14.4 Å². The van der Waals surface area contributed by atoms with Crippen LogP contribution in [0.4, 0.5) is 4.39 Å². The summed E-state index contributed by atoms with van der Waals surface area (Å²) in [4.78, 5) is 44.8. The largest absolute Gasteiger partial charge is 0.322 e. The van der Waals surface area contributed by atoms with Crippen molar-refractivity contribution in [1.82, 2.24) is 20.1 Å². The molecule has 0 radical (unpaired) electrons. The number of amides is 3. The van der Waals surface area contributed by atoms with Gasteiger partial charge >= 0.3 is 0 Å². The number of carbonyl (C=O) groups excluding carboxylic acids is 3. The molecule has 184 valence electrons. The Bertz CT molecular complexity index is 1380. The van der Waals surface area contributed by atoms with E-state index in [1.807, 2.05) is 18.5 Å². The van der Waals surface area contributed by atoms with Crippen LogP contribution in [0, 0.1) is 5.82 Å². The third-order valence-corrected chi connectivity index (χ3v) is 7.83. The summed E-state index contributed by atoms with van der Waals surface area (Å²) >= 11 is 0. The highest BCUT2D eigenvalue weighted by molar-refractivity contribution is 6.05. The summed E-state index contributed by atoms with van der Waals surface area (Å²) in [5.41, 5.74) is 3.00. The fourth-order valence-electron chi connectivity index (χ4n) is 5.89. The van der Waals surface area contributed by atoms with Crippen molar-refractivity contribution in [3.8, 4) is 0 Å². The highest BCUT2D eigenvalue weighted by Crippen LogP contribution is 2.36. The number of aromatic nitrogens is 1. The molecule has 0 saturated carbocycles. The van der Waals surface area contributed by atoms with Crippen molar-refractivity contribution in [3.63, 3.8) is 0 Å². The lowest BCUT2D eigenvalue weighted by Crippen LogP contribution is -2.52. The first kappa shape index (κ1) is 22.8. The molecule has 2 fully saturated rings. The predicted molar refractivity (Wildman–Crippen MR) is 131 cm³/mol. The Balaban J connectivity index is 1.15. The molecule has 2 saturated heterocycles. The summed E-state index contributed by atoms with van der Waals surface area (Å²) < 4.78 is 15.2. The van der Waals surface area contributed by atoms with Gasteiger partial charge in [0.2, 0.25) is 11.8 Å². The second-order valence-electron chi connectivity index (χ2n) is 10.00. The molecule has 6 rings (SSSR count). The lowest BCUT2D eigenvalue weighted by atomic mass is 9.87. The lowest BCUT2D eigenvalue weighted by molar-refractivity contribution is -0.136. The number of piperidine rings is 2. The summed E-state index contributed by atoms with van der Waals surface area (Å²) in [6.07, 6.45) is 5.88. The smallest absolute Gasteiger partial charge is 0.255 e. The van der Waals surface area contributed by atoms with Gasteiger partial charge in [-0.25, -0.2) is 4.39 Å². The second-order valence-corrected chi connectivity index (χ2v) is 10.00. The summed E-state index contributed by atoms with van der Waals surface area (Å²) in [5.74, 6) is -1.39. The topological polar surface area (TPSA) is 82.6 Å². The van der Waals surface area contributed by atoms with Crippen LogP contribution in [-0.2, 0) is 22.7 Å². The van der Waals surface area contributed by atoms with E-state index in [0.717, 1.165) is 43.4 Å². The average molecular weight is 487 g/mol. The monoisotopic (exact) mass is 486 g/mol. The molecule has 0 aliphatic carbocycles. The zero-order chi connectivity index (χ0) is 24.8. The van der Waals surface area contributed by atoms with Crippen LogP contribution < -0.4 is 5.32 Å². The number of nitrogens with one attached hydrogen (secondary N) is 1. The van der Waals surface area contributed by atoms with Crippen LogP contribution in [0.2, 0.25) is 0 Å². The Morgan fingerprint density at radius 2 is 1.89 bits per heavy atom. The molecule has 8 heteroatoms. The summed E-state index contributed by atoms with van der Waals surface area (Å²) in [5, 5.41) is 4.65. The number of benzene rings is 2. The molecule has 1 atom stereocenters. The highest BCUT2D eigenvalue weighted by atomic mass is 19.1. The normalized spacial score (nSPS) is 21.2. The molecule has 3 amide bonds. The number of imide groups is 1. The number of pyridine rings is 1. The maximum atomic E-state index is 15.2. The molecule has 0 bridgehead atoms. The number of carbonyl (C=O) groups is 3. The number of hydrogen-bond donors (Lipinski definition) is 1. The van der Waals surface area contributed by atoms with E-state index < -0.39 is 11.9 Å². The Morgan fingerprint density at radius 3 is 2.69 bits per heavy atom. The fraction of sp³-hybridized carbons (Fsp3) is 0.357. The first-order valence-corrected chi connectivity index (χ1v) is 12.5. The standard InChI is InChI=1S/C28H27FN4O3/c29-24-13-23-20(16-33(28(23)36)25-4-5-26(34)31-27(25)35)12-22(24)17-7-10-32(11-8-17)15-19-3-1-2-18-14-30-9-6-21(18)19/h1-3,6,9,12-14,17,25H,4-5,7-8,10-11,15-16H2,(H,31,34,35). The van der Waals surface area contributed by atoms with E-state index >= 15 is 4.39 Å². The number of rotatable bonds is 4. The van der Waals surface area contributed by atoms with Crippen molar-refractivity contribution in [1.29, 1.82) is 0 Å². The minimum Gasteiger partial charge on any atom is -0.322 e. The van der Waals surface area contributed by atoms with Gasteiger partial charge in [0, 0.05) is 42.9 Å². The first-order chi connectivity index (χ1) is 17.5. The van der Waals surface area contributed by atoms with E-state index in [1.54, 1.807) is 0 Å². The number of hydrogen-bond acceptors (Lipinski definition) is 5. The maximum absolute atomic E-state index is 15.2. The molecule has 3 aliphatic heterocycles. The third-order valence-electron chi connectivity index (χ3n) is 7.83. The van der Waals surface area contributed by atoms with Crippen LogP contribution in [0.1, 0.15) is 58.6 Å². The van der Waals surface area contributed by atoms with E-state index in [-0.39, 0.29) is 36.5 Å². The summed E-state index contributed by atoms with van der Waals surface area (Å²) in [6.45, 7) is 2.84. The molecule has 0 spiro atoms. The van der Waals surface area contributed by atoms with Gasteiger partial charge in [0.25, 0.3) is 5.91 Å².